The molecular weight excluding hydrogens is 279 g/mol. The summed E-state index contributed by atoms with van der Waals surface area (Å²) >= 11 is 0. The van der Waals surface area contributed by atoms with Gasteiger partial charge in [-0.3, -0.25) is 4.79 Å². The van der Waals surface area contributed by atoms with Crippen molar-refractivity contribution in [3.63, 3.8) is 0 Å². The number of pyridine rings is 1. The molecule has 3 rings (SSSR count). The minimum atomic E-state index is -0.555. The van der Waals surface area contributed by atoms with Gasteiger partial charge in [0.15, 0.2) is 0 Å². The van der Waals surface area contributed by atoms with Crippen LogP contribution in [-0.4, -0.2) is 10.9 Å². The lowest BCUT2D eigenvalue weighted by Gasteiger charge is -2.06. The molecule has 0 aliphatic carbocycles. The van der Waals surface area contributed by atoms with Crippen LogP contribution in [0.2, 0.25) is 0 Å². The standard InChI is InChI=1S/C18H13FN2O/c19-16-9-5-4-8-15(16)18(22)21-17-11-10-14(12-20-17)13-6-2-1-3-7-13/h1-12H,(H,20,21,22). The molecule has 1 aromatic heterocycles. The highest BCUT2D eigenvalue weighted by molar-refractivity contribution is 6.03. The third kappa shape index (κ3) is 3.01. The zero-order chi connectivity index (χ0) is 15.4. The van der Waals surface area contributed by atoms with E-state index in [4.69, 9.17) is 0 Å². The molecular formula is C18H13FN2O. The number of nitrogens with one attached hydrogen (secondary N) is 1. The van der Waals surface area contributed by atoms with Gasteiger partial charge in [0.1, 0.15) is 11.6 Å². The summed E-state index contributed by atoms with van der Waals surface area (Å²) < 4.78 is 13.5. The van der Waals surface area contributed by atoms with Crippen molar-refractivity contribution in [2.45, 2.75) is 0 Å². The van der Waals surface area contributed by atoms with Gasteiger partial charge in [-0.15, -0.1) is 0 Å². The lowest BCUT2D eigenvalue weighted by Crippen LogP contribution is -2.14. The Labute approximate surface area is 127 Å². The predicted molar refractivity (Wildman–Crippen MR) is 84.0 cm³/mol. The number of rotatable bonds is 3. The Kier molecular flexibility index (Phi) is 3.92. The summed E-state index contributed by atoms with van der Waals surface area (Å²) in [5.74, 6) is -0.688. The fourth-order valence-electron chi connectivity index (χ4n) is 2.10. The molecule has 108 valence electrons. The Balaban J connectivity index is 1.77. The number of hydrogen-bond donors (Lipinski definition) is 1. The van der Waals surface area contributed by atoms with Crippen LogP contribution in [-0.2, 0) is 0 Å². The van der Waals surface area contributed by atoms with Gasteiger partial charge in [-0.1, -0.05) is 42.5 Å². The lowest BCUT2D eigenvalue weighted by atomic mass is 10.1. The van der Waals surface area contributed by atoms with Crippen molar-refractivity contribution in [1.29, 1.82) is 0 Å². The number of nitrogens with zero attached hydrogens (tertiary/aromatic N) is 1. The first kappa shape index (κ1) is 13.9. The third-order valence-electron chi connectivity index (χ3n) is 3.23. The molecule has 0 spiro atoms. The van der Waals surface area contributed by atoms with Gasteiger partial charge in [0.2, 0.25) is 0 Å². The highest BCUT2D eigenvalue weighted by Crippen LogP contribution is 2.19. The first-order chi connectivity index (χ1) is 10.7. The van der Waals surface area contributed by atoms with Crippen LogP contribution in [0, 0.1) is 5.82 Å². The molecule has 22 heavy (non-hydrogen) atoms. The summed E-state index contributed by atoms with van der Waals surface area (Å²) in [6.07, 6.45) is 1.67. The van der Waals surface area contributed by atoms with Crippen molar-refractivity contribution >= 4 is 11.7 Å². The second kappa shape index (κ2) is 6.18. The molecule has 0 radical (unpaired) electrons. The lowest BCUT2D eigenvalue weighted by molar-refractivity contribution is 0.102. The van der Waals surface area contributed by atoms with Crippen LogP contribution >= 0.6 is 0 Å². The average molecular weight is 292 g/mol. The van der Waals surface area contributed by atoms with Crippen molar-refractivity contribution in [3.05, 3.63) is 84.3 Å². The Morgan fingerprint density at radius 3 is 2.27 bits per heavy atom. The quantitative estimate of drug-likeness (QED) is 0.788. The molecule has 0 atom stereocenters. The van der Waals surface area contributed by atoms with E-state index < -0.39 is 11.7 Å². The molecule has 1 amide bonds. The van der Waals surface area contributed by atoms with E-state index in [9.17, 15) is 9.18 Å². The SMILES string of the molecule is O=C(Nc1ccc(-c2ccccc2)cn1)c1ccccc1F. The number of aromatic nitrogens is 1. The largest absolute Gasteiger partial charge is 0.306 e. The maximum absolute atomic E-state index is 13.5. The molecule has 0 saturated heterocycles. The minimum absolute atomic E-state index is 0.00330. The number of halogens is 1. The summed E-state index contributed by atoms with van der Waals surface area (Å²) in [6.45, 7) is 0. The molecule has 0 bridgehead atoms. The van der Waals surface area contributed by atoms with E-state index in [-0.39, 0.29) is 5.56 Å². The summed E-state index contributed by atoms with van der Waals surface area (Å²) in [5.41, 5.74) is 1.99. The third-order valence-corrected chi connectivity index (χ3v) is 3.23. The van der Waals surface area contributed by atoms with E-state index in [2.05, 4.69) is 10.3 Å². The molecule has 4 heteroatoms. The van der Waals surface area contributed by atoms with Crippen LogP contribution in [0.5, 0.6) is 0 Å². The van der Waals surface area contributed by atoms with Crippen LogP contribution in [0.3, 0.4) is 0 Å². The zero-order valence-electron chi connectivity index (χ0n) is 11.7. The summed E-state index contributed by atoms with van der Waals surface area (Å²) in [5, 5.41) is 2.59. The van der Waals surface area contributed by atoms with E-state index in [0.29, 0.717) is 5.82 Å². The Bertz CT molecular complexity index is 786. The number of carbonyl (C=O) groups excluding carboxylic acids is 1. The molecule has 1 heterocycles. The monoisotopic (exact) mass is 292 g/mol. The molecule has 1 N–H and O–H groups in total. The maximum atomic E-state index is 13.5. The minimum Gasteiger partial charge on any atom is -0.306 e. The summed E-state index contributed by atoms with van der Waals surface area (Å²) in [6, 6.07) is 19.2. The van der Waals surface area contributed by atoms with Gasteiger partial charge >= 0.3 is 0 Å². The first-order valence-electron chi connectivity index (χ1n) is 6.81. The van der Waals surface area contributed by atoms with Crippen molar-refractivity contribution in [3.8, 4) is 11.1 Å². The second-order valence-corrected chi connectivity index (χ2v) is 4.73. The van der Waals surface area contributed by atoms with Crippen LogP contribution in [0.25, 0.3) is 11.1 Å². The second-order valence-electron chi connectivity index (χ2n) is 4.73. The Morgan fingerprint density at radius 1 is 0.864 bits per heavy atom. The van der Waals surface area contributed by atoms with E-state index in [1.807, 2.05) is 36.4 Å². The summed E-state index contributed by atoms with van der Waals surface area (Å²) in [4.78, 5) is 16.2. The normalized spacial score (nSPS) is 10.2. The highest BCUT2D eigenvalue weighted by atomic mass is 19.1. The number of carbonyl (C=O) groups is 1. The van der Waals surface area contributed by atoms with Gasteiger partial charge in [-0.25, -0.2) is 9.37 Å². The van der Waals surface area contributed by atoms with Gasteiger partial charge in [-0.05, 0) is 29.8 Å². The molecule has 0 unspecified atom stereocenters. The summed E-state index contributed by atoms with van der Waals surface area (Å²) in [7, 11) is 0. The molecule has 0 aliphatic heterocycles. The van der Waals surface area contributed by atoms with Crippen molar-refractivity contribution in [2.75, 3.05) is 5.32 Å². The fourth-order valence-corrected chi connectivity index (χ4v) is 2.10. The first-order valence-corrected chi connectivity index (χ1v) is 6.81. The topological polar surface area (TPSA) is 42.0 Å². The number of hydrogen-bond acceptors (Lipinski definition) is 2. The van der Waals surface area contributed by atoms with Crippen molar-refractivity contribution < 1.29 is 9.18 Å². The van der Waals surface area contributed by atoms with Crippen LogP contribution in [0.15, 0.2) is 72.9 Å². The molecule has 0 saturated carbocycles. The van der Waals surface area contributed by atoms with Gasteiger partial charge in [0.05, 0.1) is 5.56 Å². The molecule has 2 aromatic carbocycles. The Hall–Kier alpha value is -3.01. The average Bonchev–Trinajstić information content (AvgIpc) is 2.57. The van der Waals surface area contributed by atoms with Gasteiger partial charge in [0, 0.05) is 11.8 Å². The van der Waals surface area contributed by atoms with Crippen molar-refractivity contribution in [1.82, 2.24) is 4.98 Å². The van der Waals surface area contributed by atoms with Crippen LogP contribution in [0.4, 0.5) is 10.2 Å². The fraction of sp³-hybridized carbons (Fsp3) is 0. The predicted octanol–water partition coefficient (Wildman–Crippen LogP) is 4.14. The smallest absolute Gasteiger partial charge is 0.259 e. The number of benzene rings is 2. The van der Waals surface area contributed by atoms with Gasteiger partial charge < -0.3 is 5.32 Å². The van der Waals surface area contributed by atoms with E-state index >= 15 is 0 Å². The zero-order valence-corrected chi connectivity index (χ0v) is 11.7. The maximum Gasteiger partial charge on any atom is 0.259 e. The van der Waals surface area contributed by atoms with Crippen LogP contribution in [0.1, 0.15) is 10.4 Å². The van der Waals surface area contributed by atoms with E-state index in [1.54, 1.807) is 24.4 Å². The number of amides is 1. The molecule has 3 nitrogen and oxygen atoms in total. The van der Waals surface area contributed by atoms with E-state index in [1.165, 1.54) is 12.1 Å². The molecule has 3 aromatic rings. The molecule has 0 fully saturated rings. The highest BCUT2D eigenvalue weighted by Gasteiger charge is 2.11. The van der Waals surface area contributed by atoms with Crippen LogP contribution < -0.4 is 5.32 Å². The van der Waals surface area contributed by atoms with Gasteiger partial charge in [0.25, 0.3) is 5.91 Å². The van der Waals surface area contributed by atoms with Gasteiger partial charge in [-0.2, -0.15) is 0 Å². The Morgan fingerprint density at radius 2 is 1.59 bits per heavy atom. The molecule has 0 aliphatic rings. The van der Waals surface area contributed by atoms with Crippen molar-refractivity contribution in [2.24, 2.45) is 0 Å². The van der Waals surface area contributed by atoms with E-state index in [0.717, 1.165) is 11.1 Å². The number of anilines is 1.